The van der Waals surface area contributed by atoms with E-state index in [1.807, 2.05) is 58.5 Å². The van der Waals surface area contributed by atoms with Crippen LogP contribution < -0.4 is 0 Å². The summed E-state index contributed by atoms with van der Waals surface area (Å²) in [4.78, 5) is 31.7. The molecule has 2 amide bonds. The number of aromatic amines is 1. The maximum atomic E-state index is 12.5. The SMILES string of the molecule is O=C(Cc1ccccc1)N1CCCN(C(=O)Cc2ccc[nH]2)CC1. The largest absolute Gasteiger partial charge is 0.365 e. The molecule has 0 atom stereocenters. The Morgan fingerprint density at radius 2 is 1.50 bits per heavy atom. The molecule has 0 saturated carbocycles. The fourth-order valence-corrected chi connectivity index (χ4v) is 3.05. The molecular weight excluding hydrogens is 302 g/mol. The van der Waals surface area contributed by atoms with Gasteiger partial charge in [0.1, 0.15) is 0 Å². The highest BCUT2D eigenvalue weighted by molar-refractivity contribution is 5.80. The molecule has 0 aliphatic carbocycles. The Labute approximate surface area is 142 Å². The number of amides is 2. The van der Waals surface area contributed by atoms with Crippen LogP contribution in [0.2, 0.25) is 0 Å². The highest BCUT2D eigenvalue weighted by atomic mass is 16.2. The minimum absolute atomic E-state index is 0.120. The van der Waals surface area contributed by atoms with E-state index in [1.54, 1.807) is 0 Å². The highest BCUT2D eigenvalue weighted by Crippen LogP contribution is 2.09. The maximum Gasteiger partial charge on any atom is 0.228 e. The van der Waals surface area contributed by atoms with Crippen LogP contribution in [0, 0.1) is 0 Å². The van der Waals surface area contributed by atoms with Gasteiger partial charge in [-0.05, 0) is 24.1 Å². The lowest BCUT2D eigenvalue weighted by Crippen LogP contribution is -2.38. The van der Waals surface area contributed by atoms with Crippen LogP contribution in [0.1, 0.15) is 17.7 Å². The normalized spacial score (nSPS) is 15.2. The smallest absolute Gasteiger partial charge is 0.228 e. The summed E-state index contributed by atoms with van der Waals surface area (Å²) in [6, 6.07) is 13.6. The van der Waals surface area contributed by atoms with Gasteiger partial charge in [0.15, 0.2) is 0 Å². The summed E-state index contributed by atoms with van der Waals surface area (Å²) in [5, 5.41) is 0. The molecule has 24 heavy (non-hydrogen) atoms. The third-order valence-electron chi connectivity index (χ3n) is 4.40. The van der Waals surface area contributed by atoms with E-state index < -0.39 is 0 Å². The summed E-state index contributed by atoms with van der Waals surface area (Å²) < 4.78 is 0. The molecule has 2 aromatic rings. The second kappa shape index (κ2) is 7.81. The minimum Gasteiger partial charge on any atom is -0.365 e. The highest BCUT2D eigenvalue weighted by Gasteiger charge is 2.22. The van der Waals surface area contributed by atoms with Crippen LogP contribution in [0.4, 0.5) is 0 Å². The summed E-state index contributed by atoms with van der Waals surface area (Å²) in [6.07, 6.45) is 3.48. The molecule has 2 heterocycles. The van der Waals surface area contributed by atoms with E-state index in [0.29, 0.717) is 32.5 Å². The number of aromatic nitrogens is 1. The molecule has 1 saturated heterocycles. The van der Waals surface area contributed by atoms with E-state index in [1.165, 1.54) is 0 Å². The van der Waals surface area contributed by atoms with E-state index in [0.717, 1.165) is 24.2 Å². The molecule has 1 N–H and O–H groups in total. The number of carbonyl (C=O) groups excluding carboxylic acids is 2. The molecule has 126 valence electrons. The Bertz CT molecular complexity index is 667. The van der Waals surface area contributed by atoms with Crippen LogP contribution in [0.5, 0.6) is 0 Å². The zero-order chi connectivity index (χ0) is 16.8. The molecule has 5 nitrogen and oxygen atoms in total. The minimum atomic E-state index is 0.120. The van der Waals surface area contributed by atoms with Gasteiger partial charge in [-0.1, -0.05) is 30.3 Å². The number of rotatable bonds is 4. The quantitative estimate of drug-likeness (QED) is 0.933. The predicted octanol–water partition coefficient (Wildman–Crippen LogP) is 1.86. The fourth-order valence-electron chi connectivity index (χ4n) is 3.05. The monoisotopic (exact) mass is 325 g/mol. The van der Waals surface area contributed by atoms with Crippen molar-refractivity contribution in [1.29, 1.82) is 0 Å². The van der Waals surface area contributed by atoms with Crippen molar-refractivity contribution in [2.75, 3.05) is 26.2 Å². The first-order chi connectivity index (χ1) is 11.7. The lowest BCUT2D eigenvalue weighted by Gasteiger charge is -2.22. The maximum absolute atomic E-state index is 12.5. The summed E-state index contributed by atoms with van der Waals surface area (Å²) in [6.45, 7) is 2.66. The molecular formula is C19H23N3O2. The molecule has 5 heteroatoms. The topological polar surface area (TPSA) is 56.4 Å². The van der Waals surface area contributed by atoms with Gasteiger partial charge in [-0.2, -0.15) is 0 Å². The first-order valence-electron chi connectivity index (χ1n) is 8.44. The predicted molar refractivity (Wildman–Crippen MR) is 92.4 cm³/mol. The van der Waals surface area contributed by atoms with Crippen molar-refractivity contribution in [1.82, 2.24) is 14.8 Å². The number of benzene rings is 1. The number of hydrogen-bond acceptors (Lipinski definition) is 2. The number of carbonyl (C=O) groups is 2. The zero-order valence-corrected chi connectivity index (χ0v) is 13.8. The summed E-state index contributed by atoms with van der Waals surface area (Å²) in [7, 11) is 0. The van der Waals surface area contributed by atoms with E-state index in [4.69, 9.17) is 0 Å². The Hall–Kier alpha value is -2.56. The molecule has 1 aromatic carbocycles. The standard InChI is InChI=1S/C19H23N3O2/c23-18(14-16-6-2-1-3-7-16)21-10-5-11-22(13-12-21)19(24)15-17-8-4-9-20-17/h1-4,6-9,20H,5,10-15H2. The Balaban J connectivity index is 1.52. The second-order valence-electron chi connectivity index (χ2n) is 6.15. The summed E-state index contributed by atoms with van der Waals surface area (Å²) in [5.74, 6) is 0.259. The van der Waals surface area contributed by atoms with Crippen LogP contribution in [-0.4, -0.2) is 52.8 Å². The lowest BCUT2D eigenvalue weighted by molar-refractivity contribution is -0.132. The van der Waals surface area contributed by atoms with Crippen LogP contribution in [0.25, 0.3) is 0 Å². The average molecular weight is 325 g/mol. The lowest BCUT2D eigenvalue weighted by atomic mass is 10.1. The van der Waals surface area contributed by atoms with Gasteiger partial charge in [0, 0.05) is 38.1 Å². The van der Waals surface area contributed by atoms with Gasteiger partial charge in [-0.25, -0.2) is 0 Å². The molecule has 0 radical (unpaired) electrons. The first kappa shape index (κ1) is 16.3. The van der Waals surface area contributed by atoms with Gasteiger partial charge >= 0.3 is 0 Å². The van der Waals surface area contributed by atoms with Crippen molar-refractivity contribution in [3.05, 3.63) is 59.9 Å². The molecule has 0 bridgehead atoms. The number of hydrogen-bond donors (Lipinski definition) is 1. The van der Waals surface area contributed by atoms with E-state index in [2.05, 4.69) is 4.98 Å². The van der Waals surface area contributed by atoms with Gasteiger partial charge in [0.2, 0.25) is 11.8 Å². The third-order valence-corrected chi connectivity index (χ3v) is 4.40. The number of H-pyrrole nitrogens is 1. The van der Waals surface area contributed by atoms with Crippen molar-refractivity contribution in [2.24, 2.45) is 0 Å². The molecule has 1 aliphatic rings. The van der Waals surface area contributed by atoms with Gasteiger partial charge < -0.3 is 14.8 Å². The van der Waals surface area contributed by atoms with Gasteiger partial charge in [0.05, 0.1) is 12.8 Å². The van der Waals surface area contributed by atoms with Crippen LogP contribution in [0.15, 0.2) is 48.7 Å². The number of nitrogens with one attached hydrogen (secondary N) is 1. The molecule has 1 aromatic heterocycles. The molecule has 1 fully saturated rings. The molecule has 0 unspecified atom stereocenters. The van der Waals surface area contributed by atoms with E-state index in [-0.39, 0.29) is 11.8 Å². The molecule has 1 aliphatic heterocycles. The third kappa shape index (κ3) is 4.25. The van der Waals surface area contributed by atoms with E-state index >= 15 is 0 Å². The summed E-state index contributed by atoms with van der Waals surface area (Å²) >= 11 is 0. The van der Waals surface area contributed by atoms with Crippen molar-refractivity contribution < 1.29 is 9.59 Å². The van der Waals surface area contributed by atoms with Crippen LogP contribution in [0.3, 0.4) is 0 Å². The van der Waals surface area contributed by atoms with Crippen molar-refractivity contribution >= 4 is 11.8 Å². The fraction of sp³-hybridized carbons (Fsp3) is 0.368. The molecule has 3 rings (SSSR count). The van der Waals surface area contributed by atoms with Crippen LogP contribution >= 0.6 is 0 Å². The van der Waals surface area contributed by atoms with E-state index in [9.17, 15) is 9.59 Å². The Morgan fingerprint density at radius 3 is 2.12 bits per heavy atom. The zero-order valence-electron chi connectivity index (χ0n) is 13.8. The van der Waals surface area contributed by atoms with Crippen molar-refractivity contribution in [3.63, 3.8) is 0 Å². The van der Waals surface area contributed by atoms with Crippen LogP contribution in [-0.2, 0) is 22.4 Å². The second-order valence-corrected chi connectivity index (χ2v) is 6.15. The van der Waals surface area contributed by atoms with Crippen molar-refractivity contribution in [2.45, 2.75) is 19.3 Å². The Kier molecular flexibility index (Phi) is 5.31. The van der Waals surface area contributed by atoms with Gasteiger partial charge in [-0.3, -0.25) is 9.59 Å². The molecule has 0 spiro atoms. The average Bonchev–Trinajstić information content (AvgIpc) is 2.96. The summed E-state index contributed by atoms with van der Waals surface area (Å²) in [5.41, 5.74) is 1.97. The number of nitrogens with zero attached hydrogens (tertiary/aromatic N) is 2. The van der Waals surface area contributed by atoms with Gasteiger partial charge in [-0.15, -0.1) is 0 Å². The van der Waals surface area contributed by atoms with Crippen molar-refractivity contribution in [3.8, 4) is 0 Å². The Morgan fingerprint density at radius 1 is 0.833 bits per heavy atom. The first-order valence-corrected chi connectivity index (χ1v) is 8.44. The van der Waals surface area contributed by atoms with Gasteiger partial charge in [0.25, 0.3) is 0 Å².